The number of non-ortho nitro benzene ring substituents is 1. The number of amides is 1. The maximum atomic E-state index is 11.6. The fourth-order valence-corrected chi connectivity index (χ4v) is 1.90. The van der Waals surface area contributed by atoms with Crippen molar-refractivity contribution in [2.75, 3.05) is 11.9 Å². The maximum Gasteiger partial charge on any atom is 0.269 e. The van der Waals surface area contributed by atoms with Crippen molar-refractivity contribution in [3.8, 4) is 5.75 Å². The number of aryl methyl sites for hydroxylation is 1. The van der Waals surface area contributed by atoms with Gasteiger partial charge in [0.2, 0.25) is 5.13 Å². The zero-order valence-corrected chi connectivity index (χ0v) is 11.2. The number of benzene rings is 1. The van der Waals surface area contributed by atoms with Crippen molar-refractivity contribution in [1.29, 1.82) is 0 Å². The van der Waals surface area contributed by atoms with Gasteiger partial charge in [-0.15, -0.1) is 10.2 Å². The van der Waals surface area contributed by atoms with E-state index in [-0.39, 0.29) is 18.2 Å². The fourth-order valence-electron chi connectivity index (χ4n) is 1.44. The van der Waals surface area contributed by atoms with Gasteiger partial charge in [-0.1, -0.05) is 11.3 Å². The molecule has 20 heavy (non-hydrogen) atoms. The van der Waals surface area contributed by atoms with E-state index >= 15 is 0 Å². The second-order valence-corrected chi connectivity index (χ2v) is 4.62. The van der Waals surface area contributed by atoms with E-state index in [1.54, 1.807) is 6.92 Å². The minimum atomic E-state index is -0.487. The summed E-state index contributed by atoms with van der Waals surface area (Å²) in [6.45, 7) is 1.46. The first-order chi connectivity index (χ1) is 9.56. The molecule has 1 N–H and O–H groups in total. The van der Waals surface area contributed by atoms with Crippen molar-refractivity contribution in [2.45, 2.75) is 6.92 Å². The Morgan fingerprint density at radius 2 is 2.35 bits per heavy atom. The summed E-state index contributed by atoms with van der Waals surface area (Å²) in [6.07, 6.45) is 0. The smallest absolute Gasteiger partial charge is 0.269 e. The number of ether oxygens (including phenoxy) is 1. The third-order valence-corrected chi connectivity index (χ3v) is 2.94. The lowest BCUT2D eigenvalue weighted by Gasteiger charge is -2.08. The average molecular weight is 294 g/mol. The summed E-state index contributed by atoms with van der Waals surface area (Å²) in [6, 6.07) is 4.18. The molecule has 1 aromatic carbocycles. The van der Waals surface area contributed by atoms with Gasteiger partial charge in [0, 0.05) is 12.1 Å². The summed E-state index contributed by atoms with van der Waals surface area (Å²) < 4.78 is 5.30. The lowest BCUT2D eigenvalue weighted by molar-refractivity contribution is -0.384. The van der Waals surface area contributed by atoms with Gasteiger partial charge in [-0.25, -0.2) is 0 Å². The summed E-state index contributed by atoms with van der Waals surface area (Å²) in [7, 11) is 0. The Labute approximate surface area is 117 Å². The second-order valence-electron chi connectivity index (χ2n) is 3.79. The van der Waals surface area contributed by atoms with E-state index in [2.05, 4.69) is 15.5 Å². The van der Waals surface area contributed by atoms with Crippen LogP contribution in [-0.2, 0) is 4.79 Å². The third kappa shape index (κ3) is 3.48. The number of aromatic nitrogens is 2. The Hall–Kier alpha value is -2.55. The Balaban J connectivity index is 1.93. The second kappa shape index (κ2) is 6.06. The van der Waals surface area contributed by atoms with Crippen LogP contribution in [0.2, 0.25) is 0 Å². The summed E-state index contributed by atoms with van der Waals surface area (Å²) in [5.41, 5.74) is 2.06. The van der Waals surface area contributed by atoms with Crippen molar-refractivity contribution in [2.24, 2.45) is 0 Å². The number of nitrogens with zero attached hydrogens (tertiary/aromatic N) is 3. The third-order valence-electron chi connectivity index (χ3n) is 2.33. The monoisotopic (exact) mass is 294 g/mol. The zero-order valence-electron chi connectivity index (χ0n) is 10.4. The Morgan fingerprint density at radius 1 is 1.55 bits per heavy atom. The topological polar surface area (TPSA) is 107 Å². The van der Waals surface area contributed by atoms with Crippen LogP contribution >= 0.6 is 11.3 Å². The largest absolute Gasteiger partial charge is 0.483 e. The van der Waals surface area contributed by atoms with Crippen molar-refractivity contribution in [1.82, 2.24) is 10.2 Å². The normalized spacial score (nSPS) is 10.1. The number of hydrogen-bond acceptors (Lipinski definition) is 7. The molecule has 0 unspecified atom stereocenters. The number of carbonyl (C=O) groups excluding carboxylic acids is 1. The van der Waals surface area contributed by atoms with Gasteiger partial charge in [-0.2, -0.15) is 0 Å². The fraction of sp³-hybridized carbons (Fsp3) is 0.182. The molecule has 0 fully saturated rings. The van der Waals surface area contributed by atoms with Gasteiger partial charge in [0.1, 0.15) is 11.3 Å². The quantitative estimate of drug-likeness (QED) is 0.665. The van der Waals surface area contributed by atoms with Crippen LogP contribution in [0.1, 0.15) is 5.56 Å². The van der Waals surface area contributed by atoms with E-state index < -0.39 is 4.92 Å². The molecule has 0 saturated heterocycles. The van der Waals surface area contributed by atoms with Crippen LogP contribution < -0.4 is 10.1 Å². The molecule has 0 radical (unpaired) electrons. The van der Waals surface area contributed by atoms with E-state index in [0.29, 0.717) is 16.4 Å². The summed E-state index contributed by atoms with van der Waals surface area (Å²) in [5, 5.41) is 20.7. The Bertz CT molecular complexity index is 629. The molecule has 0 spiro atoms. The van der Waals surface area contributed by atoms with Gasteiger partial charge >= 0.3 is 0 Å². The van der Waals surface area contributed by atoms with Crippen molar-refractivity contribution >= 4 is 28.1 Å². The predicted molar refractivity (Wildman–Crippen MR) is 71.9 cm³/mol. The number of rotatable bonds is 5. The number of hydrogen-bond donors (Lipinski definition) is 1. The molecule has 0 bridgehead atoms. The first-order valence-electron chi connectivity index (χ1n) is 5.50. The number of carbonyl (C=O) groups is 1. The van der Waals surface area contributed by atoms with Crippen molar-refractivity contribution < 1.29 is 14.5 Å². The number of nitro groups is 1. The van der Waals surface area contributed by atoms with E-state index in [1.165, 1.54) is 35.0 Å². The highest BCUT2D eigenvalue weighted by molar-refractivity contribution is 7.13. The van der Waals surface area contributed by atoms with Crippen molar-refractivity contribution in [3.05, 3.63) is 39.4 Å². The van der Waals surface area contributed by atoms with E-state index in [0.717, 1.165) is 0 Å². The van der Waals surface area contributed by atoms with Crippen LogP contribution in [0.3, 0.4) is 0 Å². The first-order valence-corrected chi connectivity index (χ1v) is 6.38. The lowest BCUT2D eigenvalue weighted by atomic mass is 10.2. The van der Waals surface area contributed by atoms with Crippen molar-refractivity contribution in [3.63, 3.8) is 0 Å². The molecule has 0 aliphatic heterocycles. The van der Waals surface area contributed by atoms with Gasteiger partial charge in [-0.05, 0) is 18.6 Å². The maximum absolute atomic E-state index is 11.6. The highest BCUT2D eigenvalue weighted by atomic mass is 32.1. The number of anilines is 1. The molecule has 2 aromatic rings. The highest BCUT2D eigenvalue weighted by Crippen LogP contribution is 2.23. The van der Waals surface area contributed by atoms with E-state index in [4.69, 9.17) is 4.74 Å². The summed E-state index contributed by atoms with van der Waals surface area (Å²) >= 11 is 1.20. The average Bonchev–Trinajstić information content (AvgIpc) is 2.90. The molecular formula is C11H10N4O4S. The van der Waals surface area contributed by atoms with Gasteiger partial charge in [-0.3, -0.25) is 20.2 Å². The molecule has 9 heteroatoms. The molecule has 0 atom stereocenters. The minimum absolute atomic E-state index is 0.0202. The molecule has 8 nitrogen and oxygen atoms in total. The number of nitrogens with one attached hydrogen (secondary N) is 1. The highest BCUT2D eigenvalue weighted by Gasteiger charge is 2.11. The minimum Gasteiger partial charge on any atom is -0.483 e. The molecule has 1 heterocycles. The summed E-state index contributed by atoms with van der Waals surface area (Å²) in [4.78, 5) is 21.7. The van der Waals surface area contributed by atoms with E-state index in [9.17, 15) is 14.9 Å². The van der Waals surface area contributed by atoms with Crippen LogP contribution in [0, 0.1) is 17.0 Å². The van der Waals surface area contributed by atoms with E-state index in [1.807, 2.05) is 0 Å². The molecule has 104 valence electrons. The standard InChI is InChI=1S/C11H10N4O4S/c1-7-4-8(15(17)18)2-3-9(7)19-5-10(16)13-11-14-12-6-20-11/h2-4,6H,5H2,1H3,(H,13,14,16). The summed E-state index contributed by atoms with van der Waals surface area (Å²) in [5.74, 6) is 0.0440. The van der Waals surface area contributed by atoms with Crippen LogP contribution in [0.25, 0.3) is 0 Å². The van der Waals surface area contributed by atoms with Crippen LogP contribution in [0.15, 0.2) is 23.7 Å². The molecule has 1 aromatic heterocycles. The SMILES string of the molecule is Cc1cc([N+](=O)[O-])ccc1OCC(=O)Nc1nncs1. The molecule has 2 rings (SSSR count). The Morgan fingerprint density at radius 3 is 2.95 bits per heavy atom. The van der Waals surface area contributed by atoms with Gasteiger partial charge in [0.05, 0.1) is 4.92 Å². The van der Waals surface area contributed by atoms with Gasteiger partial charge in [0.25, 0.3) is 11.6 Å². The Kier molecular flexibility index (Phi) is 4.20. The van der Waals surface area contributed by atoms with Crippen LogP contribution in [0.5, 0.6) is 5.75 Å². The van der Waals surface area contributed by atoms with Crippen LogP contribution in [-0.4, -0.2) is 27.6 Å². The predicted octanol–water partition coefficient (Wildman–Crippen LogP) is 1.77. The molecular weight excluding hydrogens is 284 g/mol. The lowest BCUT2D eigenvalue weighted by Crippen LogP contribution is -2.20. The zero-order chi connectivity index (χ0) is 14.5. The van der Waals surface area contributed by atoms with Gasteiger partial charge in [0.15, 0.2) is 6.61 Å². The molecule has 0 aliphatic rings. The first kappa shape index (κ1) is 13.9. The number of nitro benzene ring substituents is 1. The molecule has 0 aliphatic carbocycles. The van der Waals surface area contributed by atoms with Gasteiger partial charge < -0.3 is 4.74 Å². The molecule has 1 amide bonds. The van der Waals surface area contributed by atoms with Crippen LogP contribution in [0.4, 0.5) is 10.8 Å². The molecule has 0 saturated carbocycles.